The molecule has 0 atom stereocenters. The fourth-order valence-electron chi connectivity index (χ4n) is 3.45. The summed E-state index contributed by atoms with van der Waals surface area (Å²) in [5, 5.41) is 6.83. The van der Waals surface area contributed by atoms with Crippen LogP contribution in [0.3, 0.4) is 0 Å². The molecule has 1 aromatic rings. The highest BCUT2D eigenvalue weighted by Gasteiger charge is 2.19. The van der Waals surface area contributed by atoms with Crippen molar-refractivity contribution in [2.75, 3.05) is 7.05 Å². The Morgan fingerprint density at radius 1 is 1.15 bits per heavy atom. The monoisotopic (exact) mass is 394 g/mol. The second-order valence-electron chi connectivity index (χ2n) is 7.83. The molecule has 0 saturated heterocycles. The van der Waals surface area contributed by atoms with Gasteiger partial charge in [-0.3, -0.25) is 4.99 Å². The lowest BCUT2D eigenvalue weighted by molar-refractivity contribution is 0.329. The number of hydrogen-bond donors (Lipinski definition) is 3. The van der Waals surface area contributed by atoms with Crippen LogP contribution in [0, 0.1) is 5.92 Å². The van der Waals surface area contributed by atoms with E-state index in [-0.39, 0.29) is 11.8 Å². The van der Waals surface area contributed by atoms with Crippen LogP contribution in [0.4, 0.5) is 0 Å². The van der Waals surface area contributed by atoms with Crippen molar-refractivity contribution in [3.05, 3.63) is 35.4 Å². The van der Waals surface area contributed by atoms with Crippen LogP contribution < -0.4 is 15.4 Å². The first-order valence-electron chi connectivity index (χ1n) is 9.83. The van der Waals surface area contributed by atoms with Gasteiger partial charge in [-0.2, -0.15) is 0 Å². The predicted octanol–water partition coefficient (Wildman–Crippen LogP) is 2.76. The molecule has 2 rings (SSSR count). The van der Waals surface area contributed by atoms with Gasteiger partial charge in [0.2, 0.25) is 10.0 Å². The highest BCUT2D eigenvalue weighted by Crippen LogP contribution is 2.23. The SMILES string of the molecule is CN=C(NCc1ccccc1CS(=O)(=O)NC(C)C)NC1CCC(C)CC1. The van der Waals surface area contributed by atoms with Gasteiger partial charge in [0.05, 0.1) is 5.75 Å². The minimum absolute atomic E-state index is 0.0183. The van der Waals surface area contributed by atoms with Crippen molar-refractivity contribution in [2.45, 2.75) is 70.8 Å². The highest BCUT2D eigenvalue weighted by atomic mass is 32.2. The van der Waals surface area contributed by atoms with Gasteiger partial charge in [-0.1, -0.05) is 31.2 Å². The zero-order chi connectivity index (χ0) is 19.9. The molecule has 1 aliphatic carbocycles. The third kappa shape index (κ3) is 7.50. The van der Waals surface area contributed by atoms with E-state index in [4.69, 9.17) is 0 Å². The Morgan fingerprint density at radius 2 is 1.78 bits per heavy atom. The van der Waals surface area contributed by atoms with Crippen molar-refractivity contribution >= 4 is 16.0 Å². The molecule has 0 bridgehead atoms. The van der Waals surface area contributed by atoms with Gasteiger partial charge >= 0.3 is 0 Å². The van der Waals surface area contributed by atoms with Crippen LogP contribution in [0.15, 0.2) is 29.3 Å². The number of hydrogen-bond acceptors (Lipinski definition) is 3. The lowest BCUT2D eigenvalue weighted by Gasteiger charge is -2.28. The minimum atomic E-state index is -3.35. The number of nitrogens with zero attached hydrogens (tertiary/aromatic N) is 1. The number of sulfonamides is 1. The smallest absolute Gasteiger partial charge is 0.216 e. The molecule has 3 N–H and O–H groups in total. The first-order chi connectivity index (χ1) is 12.8. The second kappa shape index (κ2) is 10.1. The summed E-state index contributed by atoms with van der Waals surface area (Å²) in [6, 6.07) is 7.99. The quantitative estimate of drug-likeness (QED) is 0.491. The summed E-state index contributed by atoms with van der Waals surface area (Å²) in [7, 11) is -1.58. The van der Waals surface area contributed by atoms with Gasteiger partial charge in [-0.05, 0) is 56.6 Å². The molecule has 27 heavy (non-hydrogen) atoms. The van der Waals surface area contributed by atoms with E-state index in [2.05, 4.69) is 27.3 Å². The van der Waals surface area contributed by atoms with E-state index in [9.17, 15) is 8.42 Å². The Bertz CT molecular complexity index is 723. The summed E-state index contributed by atoms with van der Waals surface area (Å²) < 4.78 is 27.2. The molecular weight excluding hydrogens is 360 g/mol. The van der Waals surface area contributed by atoms with E-state index < -0.39 is 10.0 Å². The molecule has 1 aliphatic rings. The predicted molar refractivity (Wildman–Crippen MR) is 112 cm³/mol. The molecule has 0 amide bonds. The first-order valence-corrected chi connectivity index (χ1v) is 11.5. The van der Waals surface area contributed by atoms with E-state index in [1.54, 1.807) is 7.05 Å². The Hall–Kier alpha value is -1.60. The number of aliphatic imine (C=N–C) groups is 1. The molecule has 0 aromatic heterocycles. The van der Waals surface area contributed by atoms with Crippen molar-refractivity contribution in [3.63, 3.8) is 0 Å². The zero-order valence-electron chi connectivity index (χ0n) is 17.0. The molecule has 1 fully saturated rings. The van der Waals surface area contributed by atoms with Gasteiger partial charge in [0.15, 0.2) is 5.96 Å². The van der Waals surface area contributed by atoms with E-state index in [1.165, 1.54) is 12.8 Å². The van der Waals surface area contributed by atoms with Gasteiger partial charge in [0, 0.05) is 25.7 Å². The summed E-state index contributed by atoms with van der Waals surface area (Å²) in [6.45, 7) is 6.50. The molecular formula is C20H34N4O2S. The molecule has 1 aromatic carbocycles. The third-order valence-corrected chi connectivity index (χ3v) is 6.43. The van der Waals surface area contributed by atoms with Crippen LogP contribution >= 0.6 is 0 Å². The summed E-state index contributed by atoms with van der Waals surface area (Å²) in [4.78, 5) is 4.32. The molecule has 0 aliphatic heterocycles. The molecule has 0 unspecified atom stereocenters. The van der Waals surface area contributed by atoms with Crippen LogP contribution in [0.25, 0.3) is 0 Å². The maximum Gasteiger partial charge on any atom is 0.216 e. The largest absolute Gasteiger partial charge is 0.354 e. The van der Waals surface area contributed by atoms with Crippen molar-refractivity contribution in [1.82, 2.24) is 15.4 Å². The van der Waals surface area contributed by atoms with Crippen molar-refractivity contribution in [2.24, 2.45) is 10.9 Å². The van der Waals surface area contributed by atoms with Crippen LogP contribution in [-0.2, 0) is 22.3 Å². The Kier molecular flexibility index (Phi) is 8.10. The van der Waals surface area contributed by atoms with Crippen molar-refractivity contribution in [3.8, 4) is 0 Å². The van der Waals surface area contributed by atoms with Gasteiger partial charge in [0.1, 0.15) is 0 Å². The van der Waals surface area contributed by atoms with Crippen LogP contribution in [0.5, 0.6) is 0 Å². The summed E-state index contributed by atoms with van der Waals surface area (Å²) in [5.74, 6) is 1.56. The minimum Gasteiger partial charge on any atom is -0.354 e. The van der Waals surface area contributed by atoms with E-state index in [1.807, 2.05) is 38.1 Å². The maximum absolute atomic E-state index is 12.3. The number of guanidine groups is 1. The summed E-state index contributed by atoms with van der Waals surface area (Å²) in [6.07, 6.45) is 4.82. The Labute approximate surface area is 164 Å². The van der Waals surface area contributed by atoms with Gasteiger partial charge < -0.3 is 10.6 Å². The Morgan fingerprint density at radius 3 is 2.37 bits per heavy atom. The Balaban J connectivity index is 1.96. The zero-order valence-corrected chi connectivity index (χ0v) is 17.8. The molecule has 6 nitrogen and oxygen atoms in total. The number of nitrogens with one attached hydrogen (secondary N) is 3. The summed E-state index contributed by atoms with van der Waals surface area (Å²) in [5.41, 5.74) is 1.77. The van der Waals surface area contributed by atoms with Gasteiger partial charge in [-0.15, -0.1) is 0 Å². The molecule has 0 radical (unpaired) electrons. The fourth-order valence-corrected chi connectivity index (χ4v) is 4.94. The molecule has 0 spiro atoms. The van der Waals surface area contributed by atoms with Crippen molar-refractivity contribution < 1.29 is 8.42 Å². The van der Waals surface area contributed by atoms with Crippen LogP contribution in [-0.4, -0.2) is 33.5 Å². The topological polar surface area (TPSA) is 82.6 Å². The molecule has 152 valence electrons. The average Bonchev–Trinajstić information content (AvgIpc) is 2.60. The molecule has 7 heteroatoms. The summed E-state index contributed by atoms with van der Waals surface area (Å²) >= 11 is 0. The van der Waals surface area contributed by atoms with Crippen LogP contribution in [0.1, 0.15) is 57.6 Å². The average molecular weight is 395 g/mol. The van der Waals surface area contributed by atoms with Crippen LogP contribution in [0.2, 0.25) is 0 Å². The molecule has 1 saturated carbocycles. The van der Waals surface area contributed by atoms with Gasteiger partial charge in [0.25, 0.3) is 0 Å². The lowest BCUT2D eigenvalue weighted by atomic mass is 9.87. The van der Waals surface area contributed by atoms with E-state index in [0.29, 0.717) is 12.6 Å². The normalized spacial score (nSPS) is 21.3. The molecule has 0 heterocycles. The van der Waals surface area contributed by atoms with Crippen molar-refractivity contribution in [1.29, 1.82) is 0 Å². The maximum atomic E-state index is 12.3. The fraction of sp³-hybridized carbons (Fsp3) is 0.650. The second-order valence-corrected chi connectivity index (χ2v) is 9.58. The van der Waals surface area contributed by atoms with Gasteiger partial charge in [-0.25, -0.2) is 13.1 Å². The van der Waals surface area contributed by atoms with E-state index >= 15 is 0 Å². The third-order valence-electron chi connectivity index (χ3n) is 4.91. The van der Waals surface area contributed by atoms with E-state index in [0.717, 1.165) is 35.8 Å². The standard InChI is InChI=1S/C20H34N4O2S/c1-15(2)24-27(25,26)14-18-8-6-5-7-17(18)13-22-20(21-4)23-19-11-9-16(3)10-12-19/h5-8,15-16,19,24H,9-14H2,1-4H3,(H2,21,22,23). The highest BCUT2D eigenvalue weighted by molar-refractivity contribution is 7.88. The number of rotatable bonds is 7. The number of benzene rings is 1. The first kappa shape index (κ1) is 21.7. The lowest BCUT2D eigenvalue weighted by Crippen LogP contribution is -2.44.